The fraction of sp³-hybridized carbons (Fsp3) is 0.533. The number of rotatable bonds is 5. The van der Waals surface area contributed by atoms with Crippen LogP contribution in [0.4, 0.5) is 5.69 Å². The van der Waals surface area contributed by atoms with E-state index in [1.165, 1.54) is 12.5 Å². The van der Waals surface area contributed by atoms with Gasteiger partial charge in [-0.15, -0.1) is 0 Å². The van der Waals surface area contributed by atoms with Crippen molar-refractivity contribution < 1.29 is 14.6 Å². The van der Waals surface area contributed by atoms with E-state index in [0.717, 1.165) is 25.7 Å². The largest absolute Gasteiger partial charge is 0.490 e. The van der Waals surface area contributed by atoms with Crippen molar-refractivity contribution in [1.29, 1.82) is 0 Å². The Morgan fingerprint density at radius 2 is 2.00 bits per heavy atom. The molecule has 1 aliphatic rings. The van der Waals surface area contributed by atoms with Crippen LogP contribution in [0, 0.1) is 5.41 Å². The molecule has 20 heavy (non-hydrogen) atoms. The molecular formula is C15H22N2O3. The quantitative estimate of drug-likeness (QED) is 0.717. The summed E-state index contributed by atoms with van der Waals surface area (Å²) < 4.78 is 5.78. The Kier molecular flexibility index (Phi) is 4.49. The van der Waals surface area contributed by atoms with Crippen molar-refractivity contribution in [1.82, 2.24) is 0 Å². The second-order valence-corrected chi connectivity index (χ2v) is 5.58. The molecule has 0 saturated heterocycles. The maximum absolute atomic E-state index is 11.2. The van der Waals surface area contributed by atoms with Gasteiger partial charge in [0.1, 0.15) is 5.56 Å². The van der Waals surface area contributed by atoms with Crippen molar-refractivity contribution in [2.45, 2.75) is 32.1 Å². The van der Waals surface area contributed by atoms with E-state index >= 15 is 0 Å². The van der Waals surface area contributed by atoms with E-state index in [1.54, 1.807) is 12.1 Å². The topological polar surface area (TPSA) is 98.6 Å². The fourth-order valence-electron chi connectivity index (χ4n) is 2.82. The van der Waals surface area contributed by atoms with E-state index < -0.39 is 5.97 Å². The zero-order valence-corrected chi connectivity index (χ0v) is 11.6. The molecule has 0 radical (unpaired) electrons. The molecule has 1 aromatic rings. The van der Waals surface area contributed by atoms with Gasteiger partial charge in [-0.25, -0.2) is 4.79 Å². The predicted molar refractivity (Wildman–Crippen MR) is 77.9 cm³/mol. The van der Waals surface area contributed by atoms with Gasteiger partial charge in [-0.05, 0) is 25.0 Å². The van der Waals surface area contributed by atoms with Crippen molar-refractivity contribution >= 4 is 11.7 Å². The lowest BCUT2D eigenvalue weighted by molar-refractivity contribution is 0.0681. The number of ether oxygens (including phenoxy) is 1. The summed E-state index contributed by atoms with van der Waals surface area (Å²) in [5.74, 6) is -0.767. The van der Waals surface area contributed by atoms with E-state index in [4.69, 9.17) is 16.2 Å². The molecule has 0 unspecified atom stereocenters. The monoisotopic (exact) mass is 278 g/mol. The third-order valence-electron chi connectivity index (χ3n) is 4.15. The highest BCUT2D eigenvalue weighted by Gasteiger charge is 2.32. The first kappa shape index (κ1) is 14.7. The molecule has 1 aromatic carbocycles. The Bertz CT molecular complexity index is 482. The van der Waals surface area contributed by atoms with E-state index in [-0.39, 0.29) is 16.7 Å². The minimum atomic E-state index is -1.03. The number of nitrogens with two attached hydrogens (primary N) is 2. The van der Waals surface area contributed by atoms with Crippen molar-refractivity contribution in [3.63, 3.8) is 0 Å². The Morgan fingerprint density at radius 1 is 1.30 bits per heavy atom. The molecule has 0 heterocycles. The number of nitrogen functional groups attached to an aromatic ring is 1. The van der Waals surface area contributed by atoms with Crippen LogP contribution in [0.2, 0.25) is 0 Å². The predicted octanol–water partition coefficient (Wildman–Crippen LogP) is 2.25. The third-order valence-corrected chi connectivity index (χ3v) is 4.15. The number of anilines is 1. The highest BCUT2D eigenvalue weighted by Crippen LogP contribution is 2.37. The number of hydrogen-bond acceptors (Lipinski definition) is 4. The number of hydrogen-bond donors (Lipinski definition) is 3. The molecule has 1 aliphatic carbocycles. The molecule has 110 valence electrons. The minimum Gasteiger partial charge on any atom is -0.490 e. The van der Waals surface area contributed by atoms with Gasteiger partial charge in [0.2, 0.25) is 0 Å². The molecule has 0 aromatic heterocycles. The number of benzene rings is 1. The van der Waals surface area contributed by atoms with Gasteiger partial charge >= 0.3 is 5.97 Å². The van der Waals surface area contributed by atoms with Crippen molar-refractivity contribution in [3.8, 4) is 5.75 Å². The summed E-state index contributed by atoms with van der Waals surface area (Å²) >= 11 is 0. The first-order valence-corrected chi connectivity index (χ1v) is 7.03. The first-order valence-electron chi connectivity index (χ1n) is 7.03. The smallest absolute Gasteiger partial charge is 0.339 e. The normalized spacial score (nSPS) is 17.6. The zero-order chi connectivity index (χ0) is 14.6. The van der Waals surface area contributed by atoms with Gasteiger partial charge in [0, 0.05) is 12.0 Å². The van der Waals surface area contributed by atoms with E-state index in [1.807, 2.05) is 0 Å². The van der Waals surface area contributed by atoms with Crippen LogP contribution in [0.5, 0.6) is 5.75 Å². The van der Waals surface area contributed by atoms with E-state index in [0.29, 0.717) is 18.8 Å². The second kappa shape index (κ2) is 6.13. The van der Waals surface area contributed by atoms with Gasteiger partial charge in [-0.3, -0.25) is 0 Å². The van der Waals surface area contributed by atoms with Crippen LogP contribution >= 0.6 is 0 Å². The number of carboxylic acids is 1. The summed E-state index contributed by atoms with van der Waals surface area (Å²) in [5.41, 5.74) is 12.2. The molecule has 0 amide bonds. The van der Waals surface area contributed by atoms with Gasteiger partial charge in [0.15, 0.2) is 5.75 Å². The first-order chi connectivity index (χ1) is 9.58. The Balaban J connectivity index is 2.15. The minimum absolute atomic E-state index is 0.0453. The summed E-state index contributed by atoms with van der Waals surface area (Å²) in [6.07, 6.45) is 5.58. The number of para-hydroxylation sites is 1. The standard InChI is InChI=1S/C15H22N2O3/c16-9-15(7-2-1-3-8-15)10-20-13-11(14(18)19)5-4-6-12(13)17/h4-6H,1-3,7-10,16-17H2,(H,18,19). The average molecular weight is 278 g/mol. The number of aromatic carboxylic acids is 1. The highest BCUT2D eigenvalue weighted by molar-refractivity contribution is 5.93. The van der Waals surface area contributed by atoms with Crippen LogP contribution in [0.1, 0.15) is 42.5 Å². The number of carbonyl (C=O) groups is 1. The maximum Gasteiger partial charge on any atom is 0.339 e. The lowest BCUT2D eigenvalue weighted by atomic mass is 9.75. The number of carboxylic acid groups (broad SMARTS) is 1. The molecule has 5 nitrogen and oxygen atoms in total. The molecule has 5 heteroatoms. The highest BCUT2D eigenvalue weighted by atomic mass is 16.5. The van der Waals surface area contributed by atoms with Crippen molar-refractivity contribution in [3.05, 3.63) is 23.8 Å². The van der Waals surface area contributed by atoms with Crippen molar-refractivity contribution in [2.24, 2.45) is 11.1 Å². The Labute approximate surface area is 118 Å². The summed E-state index contributed by atoms with van der Waals surface area (Å²) in [4.78, 5) is 11.2. The molecule has 0 aliphatic heterocycles. The molecule has 1 fully saturated rings. The zero-order valence-electron chi connectivity index (χ0n) is 11.6. The molecule has 0 atom stereocenters. The van der Waals surface area contributed by atoms with Gasteiger partial charge in [0.25, 0.3) is 0 Å². The summed E-state index contributed by atoms with van der Waals surface area (Å²) in [5, 5.41) is 9.19. The summed E-state index contributed by atoms with van der Waals surface area (Å²) in [7, 11) is 0. The van der Waals surface area contributed by atoms with Crippen LogP contribution in [-0.4, -0.2) is 24.2 Å². The van der Waals surface area contributed by atoms with Gasteiger partial charge in [-0.1, -0.05) is 25.3 Å². The molecule has 5 N–H and O–H groups in total. The van der Waals surface area contributed by atoms with E-state index in [9.17, 15) is 9.90 Å². The average Bonchev–Trinajstić information content (AvgIpc) is 2.46. The molecule has 0 spiro atoms. The molecule has 2 rings (SSSR count). The lowest BCUT2D eigenvalue weighted by Gasteiger charge is -2.36. The van der Waals surface area contributed by atoms with Gasteiger partial charge in [-0.2, -0.15) is 0 Å². The van der Waals surface area contributed by atoms with Crippen LogP contribution in [0.25, 0.3) is 0 Å². The molecular weight excluding hydrogens is 256 g/mol. The third kappa shape index (κ3) is 3.04. The molecule has 1 saturated carbocycles. The summed E-state index contributed by atoms with van der Waals surface area (Å²) in [6.45, 7) is 0.986. The van der Waals surface area contributed by atoms with Crippen LogP contribution in [-0.2, 0) is 0 Å². The van der Waals surface area contributed by atoms with Crippen molar-refractivity contribution in [2.75, 3.05) is 18.9 Å². The second-order valence-electron chi connectivity index (χ2n) is 5.58. The summed E-state index contributed by atoms with van der Waals surface area (Å²) in [6, 6.07) is 4.77. The Morgan fingerprint density at radius 3 is 2.60 bits per heavy atom. The van der Waals surface area contributed by atoms with Crippen LogP contribution in [0.3, 0.4) is 0 Å². The van der Waals surface area contributed by atoms with Gasteiger partial charge < -0.3 is 21.3 Å². The maximum atomic E-state index is 11.2. The van der Waals surface area contributed by atoms with E-state index in [2.05, 4.69) is 0 Å². The van der Waals surface area contributed by atoms with Crippen LogP contribution in [0.15, 0.2) is 18.2 Å². The van der Waals surface area contributed by atoms with Gasteiger partial charge in [0.05, 0.1) is 12.3 Å². The lowest BCUT2D eigenvalue weighted by Crippen LogP contribution is -2.38. The van der Waals surface area contributed by atoms with Crippen LogP contribution < -0.4 is 16.2 Å². The SMILES string of the molecule is NCC1(COc2c(N)cccc2C(=O)O)CCCCC1. The molecule has 0 bridgehead atoms. The Hall–Kier alpha value is -1.75. The fourth-order valence-corrected chi connectivity index (χ4v) is 2.82.